The van der Waals surface area contributed by atoms with Gasteiger partial charge in [-0.15, -0.1) is 0 Å². The molecule has 2 aliphatic rings. The number of allylic oxidation sites excluding steroid dienone is 2. The highest BCUT2D eigenvalue weighted by Crippen LogP contribution is 2.40. The lowest BCUT2D eigenvalue weighted by Gasteiger charge is -2.26. The SMILES string of the molecule is Nc1c(Br)c(C2CCC(C(=O)O)CC2)nc2c(-c3ccc(C4=CCCCC4)nc3)cnn12. The number of nitrogens with zero attached hydrogens (tertiary/aromatic N) is 4. The van der Waals surface area contributed by atoms with E-state index in [0.29, 0.717) is 24.3 Å². The molecule has 0 aliphatic heterocycles. The minimum atomic E-state index is -0.705. The van der Waals surface area contributed by atoms with Crippen LogP contribution in [-0.2, 0) is 4.79 Å². The third kappa shape index (κ3) is 3.81. The molecule has 5 rings (SSSR count). The quantitative estimate of drug-likeness (QED) is 0.498. The maximum absolute atomic E-state index is 11.3. The maximum atomic E-state index is 11.3. The summed E-state index contributed by atoms with van der Waals surface area (Å²) in [5.41, 5.74) is 12.2. The van der Waals surface area contributed by atoms with Crippen molar-refractivity contribution in [2.75, 3.05) is 5.73 Å². The molecule has 0 saturated heterocycles. The number of carbonyl (C=O) groups is 1. The Balaban J connectivity index is 1.49. The molecule has 0 radical (unpaired) electrons. The first-order chi connectivity index (χ1) is 15.5. The van der Waals surface area contributed by atoms with Crippen molar-refractivity contribution in [2.24, 2.45) is 5.92 Å². The number of pyridine rings is 1. The third-order valence-corrected chi connectivity index (χ3v) is 7.62. The Morgan fingerprint density at radius 1 is 1.16 bits per heavy atom. The van der Waals surface area contributed by atoms with Crippen LogP contribution in [0.15, 0.2) is 35.1 Å². The van der Waals surface area contributed by atoms with Crippen LogP contribution < -0.4 is 5.73 Å². The van der Waals surface area contributed by atoms with Crippen LogP contribution in [0.1, 0.15) is 68.7 Å². The van der Waals surface area contributed by atoms with Gasteiger partial charge >= 0.3 is 5.97 Å². The minimum absolute atomic E-state index is 0.175. The van der Waals surface area contributed by atoms with Gasteiger partial charge in [-0.2, -0.15) is 9.61 Å². The molecule has 3 N–H and O–H groups in total. The lowest BCUT2D eigenvalue weighted by Crippen LogP contribution is -2.21. The fraction of sp³-hybridized carbons (Fsp3) is 0.417. The monoisotopic (exact) mass is 495 g/mol. The average Bonchev–Trinajstić information content (AvgIpc) is 3.26. The van der Waals surface area contributed by atoms with Crippen molar-refractivity contribution in [1.82, 2.24) is 19.6 Å². The molecule has 1 saturated carbocycles. The second-order valence-electron chi connectivity index (χ2n) is 8.78. The van der Waals surface area contributed by atoms with E-state index in [1.807, 2.05) is 6.20 Å². The lowest BCUT2D eigenvalue weighted by molar-refractivity contribution is -0.142. The number of hydrogen-bond acceptors (Lipinski definition) is 5. The van der Waals surface area contributed by atoms with E-state index in [1.54, 1.807) is 10.7 Å². The van der Waals surface area contributed by atoms with Crippen molar-refractivity contribution in [3.8, 4) is 11.1 Å². The topological polar surface area (TPSA) is 106 Å². The van der Waals surface area contributed by atoms with E-state index in [4.69, 9.17) is 15.7 Å². The van der Waals surface area contributed by atoms with Crippen LogP contribution in [0.4, 0.5) is 5.82 Å². The minimum Gasteiger partial charge on any atom is -0.481 e. The summed E-state index contributed by atoms with van der Waals surface area (Å²) in [4.78, 5) is 21.0. The zero-order valence-corrected chi connectivity index (χ0v) is 19.4. The second kappa shape index (κ2) is 8.65. The van der Waals surface area contributed by atoms with Crippen LogP contribution in [0.3, 0.4) is 0 Å². The van der Waals surface area contributed by atoms with Gasteiger partial charge in [-0.25, -0.2) is 4.98 Å². The average molecular weight is 496 g/mol. The molecule has 3 heterocycles. The Morgan fingerprint density at radius 3 is 2.62 bits per heavy atom. The summed E-state index contributed by atoms with van der Waals surface area (Å²) >= 11 is 3.62. The van der Waals surface area contributed by atoms with Gasteiger partial charge in [0.05, 0.1) is 28.0 Å². The number of carboxylic acid groups (broad SMARTS) is 1. The molecule has 0 bridgehead atoms. The summed E-state index contributed by atoms with van der Waals surface area (Å²) in [6.07, 6.45) is 13.5. The summed E-state index contributed by atoms with van der Waals surface area (Å²) in [7, 11) is 0. The summed E-state index contributed by atoms with van der Waals surface area (Å²) in [6.45, 7) is 0. The molecule has 0 amide bonds. The van der Waals surface area contributed by atoms with Gasteiger partial charge in [-0.3, -0.25) is 9.78 Å². The summed E-state index contributed by atoms with van der Waals surface area (Å²) in [5, 5.41) is 13.8. The highest BCUT2D eigenvalue weighted by atomic mass is 79.9. The Labute approximate surface area is 194 Å². The summed E-state index contributed by atoms with van der Waals surface area (Å²) < 4.78 is 2.40. The fourth-order valence-corrected chi connectivity index (χ4v) is 5.50. The number of aliphatic carboxylic acids is 1. The van der Waals surface area contributed by atoms with Crippen molar-refractivity contribution in [3.63, 3.8) is 0 Å². The van der Waals surface area contributed by atoms with Crippen LogP contribution in [-0.4, -0.2) is 30.7 Å². The smallest absolute Gasteiger partial charge is 0.306 e. The third-order valence-electron chi connectivity index (χ3n) is 6.81. The fourth-order valence-electron chi connectivity index (χ4n) is 4.92. The number of fused-ring (bicyclic) bond motifs is 1. The van der Waals surface area contributed by atoms with Crippen LogP contribution >= 0.6 is 15.9 Å². The molecule has 1 fully saturated rings. The van der Waals surface area contributed by atoms with Gasteiger partial charge in [0.1, 0.15) is 5.82 Å². The predicted octanol–water partition coefficient (Wildman–Crippen LogP) is 5.45. The summed E-state index contributed by atoms with van der Waals surface area (Å²) in [5.74, 6) is -0.286. The number of anilines is 1. The molecular formula is C24H26BrN5O2. The van der Waals surface area contributed by atoms with Crippen LogP contribution in [0.25, 0.3) is 22.3 Å². The first-order valence-corrected chi connectivity index (χ1v) is 12.0. The molecule has 0 aromatic carbocycles. The molecule has 2 aliphatic carbocycles. The van der Waals surface area contributed by atoms with E-state index < -0.39 is 5.97 Å². The second-order valence-corrected chi connectivity index (χ2v) is 9.58. The first-order valence-electron chi connectivity index (χ1n) is 11.2. The molecule has 0 unspecified atom stereocenters. The van der Waals surface area contributed by atoms with E-state index in [0.717, 1.165) is 52.7 Å². The van der Waals surface area contributed by atoms with Gasteiger partial charge in [0.2, 0.25) is 0 Å². The number of aromatic nitrogens is 4. The van der Waals surface area contributed by atoms with Crippen molar-refractivity contribution in [1.29, 1.82) is 0 Å². The van der Waals surface area contributed by atoms with E-state index in [2.05, 4.69) is 39.2 Å². The predicted molar refractivity (Wildman–Crippen MR) is 127 cm³/mol. The van der Waals surface area contributed by atoms with Gasteiger partial charge in [0.25, 0.3) is 0 Å². The van der Waals surface area contributed by atoms with Crippen molar-refractivity contribution in [2.45, 2.75) is 57.3 Å². The van der Waals surface area contributed by atoms with Crippen LogP contribution in [0.2, 0.25) is 0 Å². The first kappa shape index (κ1) is 21.1. The molecule has 7 nitrogen and oxygen atoms in total. The molecular weight excluding hydrogens is 470 g/mol. The number of nitrogen functional groups attached to an aromatic ring is 1. The highest BCUT2D eigenvalue weighted by molar-refractivity contribution is 9.10. The van der Waals surface area contributed by atoms with Crippen molar-refractivity contribution >= 4 is 38.9 Å². The van der Waals surface area contributed by atoms with Crippen molar-refractivity contribution in [3.05, 3.63) is 46.5 Å². The highest BCUT2D eigenvalue weighted by Gasteiger charge is 2.30. The number of carboxylic acids is 1. The zero-order valence-electron chi connectivity index (χ0n) is 17.8. The molecule has 0 atom stereocenters. The van der Waals surface area contributed by atoms with Gasteiger partial charge in [0, 0.05) is 23.2 Å². The summed E-state index contributed by atoms with van der Waals surface area (Å²) in [6, 6.07) is 4.15. The maximum Gasteiger partial charge on any atom is 0.306 e. The Kier molecular flexibility index (Phi) is 5.71. The van der Waals surface area contributed by atoms with Gasteiger partial charge in [0.15, 0.2) is 5.65 Å². The molecule has 32 heavy (non-hydrogen) atoms. The number of rotatable bonds is 4. The van der Waals surface area contributed by atoms with Gasteiger partial charge in [-0.05, 0) is 78.9 Å². The Morgan fingerprint density at radius 2 is 1.97 bits per heavy atom. The number of nitrogens with two attached hydrogens (primary N) is 1. The van der Waals surface area contributed by atoms with Crippen LogP contribution in [0, 0.1) is 5.92 Å². The van der Waals surface area contributed by atoms with E-state index in [9.17, 15) is 9.90 Å². The van der Waals surface area contributed by atoms with E-state index >= 15 is 0 Å². The molecule has 166 valence electrons. The van der Waals surface area contributed by atoms with E-state index in [-0.39, 0.29) is 11.8 Å². The van der Waals surface area contributed by atoms with Gasteiger partial charge < -0.3 is 10.8 Å². The van der Waals surface area contributed by atoms with Gasteiger partial charge in [-0.1, -0.05) is 12.1 Å². The van der Waals surface area contributed by atoms with E-state index in [1.165, 1.54) is 18.4 Å². The van der Waals surface area contributed by atoms with Crippen LogP contribution in [0.5, 0.6) is 0 Å². The molecule has 0 spiro atoms. The molecule has 3 aromatic heterocycles. The lowest BCUT2D eigenvalue weighted by atomic mass is 9.80. The number of hydrogen-bond donors (Lipinski definition) is 2. The largest absolute Gasteiger partial charge is 0.481 e. The molecule has 8 heteroatoms. The zero-order chi connectivity index (χ0) is 22.2. The molecule has 3 aromatic rings. The van der Waals surface area contributed by atoms with Crippen molar-refractivity contribution < 1.29 is 9.90 Å². The normalized spacial score (nSPS) is 21.5. The Hall–Kier alpha value is -2.74. The Bertz CT molecular complexity index is 1190. The number of halogens is 1. The standard InChI is InChI=1S/C24H26BrN5O2/c25-20-21(15-6-8-16(9-7-15)24(31)32)29-23-18(13-28-30(23)22(20)26)17-10-11-19(27-12-17)14-4-2-1-3-5-14/h4,10-13,15-16H,1-3,5-9,26H2,(H,31,32).